The van der Waals surface area contributed by atoms with Crippen LogP contribution in [0.15, 0.2) is 42.5 Å². The van der Waals surface area contributed by atoms with Crippen molar-refractivity contribution in [1.29, 1.82) is 0 Å². The molecule has 2 rings (SSSR count). The molecule has 0 heterocycles. The number of benzene rings is 2. The molecule has 6 heteroatoms. The van der Waals surface area contributed by atoms with E-state index in [2.05, 4.69) is 0 Å². The molecule has 0 aliphatic carbocycles. The first-order valence-corrected chi connectivity index (χ1v) is 8.23. The number of rotatable bonds is 8. The van der Waals surface area contributed by atoms with Crippen LogP contribution in [0.4, 0.5) is 0 Å². The van der Waals surface area contributed by atoms with Gasteiger partial charge in [0.2, 0.25) is 0 Å². The van der Waals surface area contributed by atoms with Gasteiger partial charge >= 0.3 is 5.97 Å². The molecular formula is C21H22O6. The van der Waals surface area contributed by atoms with Crippen molar-refractivity contribution in [3.05, 3.63) is 59.2 Å². The normalized spacial score (nSPS) is 10.5. The van der Waals surface area contributed by atoms with Crippen molar-refractivity contribution >= 4 is 17.8 Å². The summed E-state index contributed by atoms with van der Waals surface area (Å²) in [6.45, 7) is 1.47. The molecule has 0 spiro atoms. The molecule has 6 nitrogen and oxygen atoms in total. The van der Waals surface area contributed by atoms with Crippen molar-refractivity contribution in [1.82, 2.24) is 0 Å². The SMILES string of the molecule is COc1ccc(C=CC(=O)OCc2cc(C(C)=O)ccc2OC)c(OC)c1. The highest BCUT2D eigenvalue weighted by Gasteiger charge is 2.09. The highest BCUT2D eigenvalue weighted by molar-refractivity contribution is 5.94. The summed E-state index contributed by atoms with van der Waals surface area (Å²) in [7, 11) is 4.62. The molecule has 0 aromatic heterocycles. The third-order valence-corrected chi connectivity index (χ3v) is 3.90. The van der Waals surface area contributed by atoms with Crippen molar-refractivity contribution in [2.75, 3.05) is 21.3 Å². The second-order valence-corrected chi connectivity index (χ2v) is 5.63. The lowest BCUT2D eigenvalue weighted by atomic mass is 10.1. The van der Waals surface area contributed by atoms with Crippen LogP contribution < -0.4 is 14.2 Å². The third-order valence-electron chi connectivity index (χ3n) is 3.90. The number of hydrogen-bond acceptors (Lipinski definition) is 6. The predicted molar refractivity (Wildman–Crippen MR) is 101 cm³/mol. The quantitative estimate of drug-likeness (QED) is 0.401. The van der Waals surface area contributed by atoms with Gasteiger partial charge in [0, 0.05) is 28.8 Å². The van der Waals surface area contributed by atoms with E-state index in [4.69, 9.17) is 18.9 Å². The molecule has 0 amide bonds. The zero-order valence-corrected chi connectivity index (χ0v) is 15.8. The van der Waals surface area contributed by atoms with E-state index in [1.54, 1.807) is 56.7 Å². The molecule has 0 fully saturated rings. The Morgan fingerprint density at radius 1 is 0.926 bits per heavy atom. The molecule has 0 saturated heterocycles. The number of esters is 1. The number of ketones is 1. The summed E-state index contributed by atoms with van der Waals surface area (Å²) in [4.78, 5) is 23.6. The van der Waals surface area contributed by atoms with Gasteiger partial charge in [-0.3, -0.25) is 4.79 Å². The van der Waals surface area contributed by atoms with E-state index in [0.717, 1.165) is 0 Å². The standard InChI is InChI=1S/C21H22O6/c1-14(22)16-6-9-19(25-3)17(11-16)13-27-21(23)10-7-15-5-8-18(24-2)12-20(15)26-4/h5-12H,13H2,1-4H3. The lowest BCUT2D eigenvalue weighted by Crippen LogP contribution is -2.04. The van der Waals surface area contributed by atoms with E-state index >= 15 is 0 Å². The van der Waals surface area contributed by atoms with Crippen LogP contribution >= 0.6 is 0 Å². The van der Waals surface area contributed by atoms with Crippen LogP contribution in [0.2, 0.25) is 0 Å². The van der Waals surface area contributed by atoms with Gasteiger partial charge in [0.05, 0.1) is 21.3 Å². The fourth-order valence-corrected chi connectivity index (χ4v) is 2.42. The molecule has 27 heavy (non-hydrogen) atoms. The Morgan fingerprint density at radius 2 is 1.67 bits per heavy atom. The van der Waals surface area contributed by atoms with Gasteiger partial charge in [-0.05, 0) is 43.3 Å². The largest absolute Gasteiger partial charge is 0.497 e. The highest BCUT2D eigenvalue weighted by atomic mass is 16.5. The second-order valence-electron chi connectivity index (χ2n) is 5.63. The van der Waals surface area contributed by atoms with Crippen molar-refractivity contribution in [3.8, 4) is 17.2 Å². The summed E-state index contributed by atoms with van der Waals surface area (Å²) < 4.78 is 20.9. The van der Waals surface area contributed by atoms with Crippen molar-refractivity contribution in [2.24, 2.45) is 0 Å². The Balaban J connectivity index is 2.07. The fraction of sp³-hybridized carbons (Fsp3) is 0.238. The van der Waals surface area contributed by atoms with Crippen molar-refractivity contribution in [2.45, 2.75) is 13.5 Å². The lowest BCUT2D eigenvalue weighted by molar-refractivity contribution is -0.138. The third kappa shape index (κ3) is 5.34. The molecule has 0 radical (unpaired) electrons. The van der Waals surface area contributed by atoms with E-state index < -0.39 is 5.97 Å². The summed E-state index contributed by atoms with van der Waals surface area (Å²) in [5.41, 5.74) is 1.86. The maximum Gasteiger partial charge on any atom is 0.331 e. The van der Waals surface area contributed by atoms with E-state index in [-0.39, 0.29) is 12.4 Å². The number of carbonyl (C=O) groups excluding carboxylic acids is 2. The maximum absolute atomic E-state index is 12.0. The summed E-state index contributed by atoms with van der Waals surface area (Å²) >= 11 is 0. The van der Waals surface area contributed by atoms with Crippen LogP contribution in [0.5, 0.6) is 17.2 Å². The first-order chi connectivity index (χ1) is 13.0. The van der Waals surface area contributed by atoms with Gasteiger partial charge in [-0.15, -0.1) is 0 Å². The molecule has 142 valence electrons. The van der Waals surface area contributed by atoms with Gasteiger partial charge in [-0.2, -0.15) is 0 Å². The van der Waals surface area contributed by atoms with Crippen molar-refractivity contribution in [3.63, 3.8) is 0 Å². The topological polar surface area (TPSA) is 71.1 Å². The first-order valence-electron chi connectivity index (χ1n) is 8.23. The van der Waals surface area contributed by atoms with Gasteiger partial charge in [0.15, 0.2) is 5.78 Å². The molecular weight excluding hydrogens is 348 g/mol. The van der Waals surface area contributed by atoms with Crippen LogP contribution in [0.1, 0.15) is 28.4 Å². The smallest absolute Gasteiger partial charge is 0.331 e. The fourth-order valence-electron chi connectivity index (χ4n) is 2.42. The van der Waals surface area contributed by atoms with Crippen LogP contribution in [-0.4, -0.2) is 33.1 Å². The van der Waals surface area contributed by atoms with Crippen LogP contribution in [0.3, 0.4) is 0 Å². The van der Waals surface area contributed by atoms with Crippen LogP contribution in [0, 0.1) is 0 Å². The zero-order valence-electron chi connectivity index (χ0n) is 15.8. The molecule has 0 aliphatic heterocycles. The summed E-state index contributed by atoms with van der Waals surface area (Å²) in [5, 5.41) is 0. The number of methoxy groups -OCH3 is 3. The summed E-state index contributed by atoms with van der Waals surface area (Å²) in [6, 6.07) is 10.3. The second kappa shape index (κ2) is 9.43. The van der Waals surface area contributed by atoms with E-state index in [1.807, 2.05) is 0 Å². The average Bonchev–Trinajstić information content (AvgIpc) is 2.70. The molecule has 0 bridgehead atoms. The Labute approximate surface area is 158 Å². The molecule has 0 saturated carbocycles. The van der Waals surface area contributed by atoms with Gasteiger partial charge in [0.25, 0.3) is 0 Å². The van der Waals surface area contributed by atoms with Gasteiger partial charge in [-0.1, -0.05) is 0 Å². The van der Waals surface area contributed by atoms with Gasteiger partial charge in [0.1, 0.15) is 23.9 Å². The predicted octanol–water partition coefficient (Wildman–Crippen LogP) is 3.67. The average molecular weight is 370 g/mol. The Kier molecular flexibility index (Phi) is 7.00. The molecule has 0 atom stereocenters. The zero-order chi connectivity index (χ0) is 19.8. The van der Waals surface area contributed by atoms with Crippen LogP contribution in [-0.2, 0) is 16.1 Å². The van der Waals surface area contributed by atoms with E-state index in [9.17, 15) is 9.59 Å². The summed E-state index contributed by atoms with van der Waals surface area (Å²) in [6.07, 6.45) is 2.91. The lowest BCUT2D eigenvalue weighted by Gasteiger charge is -2.10. The number of ether oxygens (including phenoxy) is 4. The highest BCUT2D eigenvalue weighted by Crippen LogP contribution is 2.26. The Morgan fingerprint density at radius 3 is 2.30 bits per heavy atom. The van der Waals surface area contributed by atoms with Gasteiger partial charge < -0.3 is 18.9 Å². The number of hydrogen-bond donors (Lipinski definition) is 0. The first kappa shape index (κ1) is 20.0. The molecule has 0 N–H and O–H groups in total. The number of Topliss-reactive ketones (excluding diaryl/α,β-unsaturated/α-hetero) is 1. The Hall–Kier alpha value is -3.28. The summed E-state index contributed by atoms with van der Waals surface area (Å²) in [5.74, 6) is 1.19. The van der Waals surface area contributed by atoms with E-state index in [0.29, 0.717) is 33.9 Å². The van der Waals surface area contributed by atoms with Crippen LogP contribution in [0.25, 0.3) is 6.08 Å². The minimum absolute atomic E-state index is 0.00673. The monoisotopic (exact) mass is 370 g/mol. The Bertz CT molecular complexity index is 854. The molecule has 2 aromatic rings. The molecule has 0 unspecified atom stereocenters. The number of carbonyl (C=O) groups is 2. The minimum Gasteiger partial charge on any atom is -0.497 e. The van der Waals surface area contributed by atoms with Crippen molar-refractivity contribution < 1.29 is 28.5 Å². The molecule has 2 aromatic carbocycles. The minimum atomic E-state index is -0.525. The van der Waals surface area contributed by atoms with Gasteiger partial charge in [-0.25, -0.2) is 4.79 Å². The van der Waals surface area contributed by atoms with E-state index in [1.165, 1.54) is 20.1 Å². The molecule has 0 aliphatic rings. The maximum atomic E-state index is 12.0.